The molecule has 0 aliphatic heterocycles. The van der Waals surface area contributed by atoms with Crippen molar-refractivity contribution in [3.8, 4) is 11.3 Å². The quantitative estimate of drug-likeness (QED) is 0.619. The monoisotopic (exact) mass is 413 g/mol. The van der Waals surface area contributed by atoms with Gasteiger partial charge in [0.1, 0.15) is 0 Å². The fourth-order valence-corrected chi connectivity index (χ4v) is 3.69. The van der Waals surface area contributed by atoms with Crippen LogP contribution in [-0.4, -0.2) is 48.7 Å². The van der Waals surface area contributed by atoms with Crippen molar-refractivity contribution >= 4 is 17.4 Å². The number of pyridine rings is 1. The second-order valence-corrected chi connectivity index (χ2v) is 7.82. The highest BCUT2D eigenvalue weighted by Crippen LogP contribution is 2.31. The topological polar surface area (TPSA) is 102 Å². The fourth-order valence-electron chi connectivity index (χ4n) is 3.69. The van der Waals surface area contributed by atoms with Crippen molar-refractivity contribution in [2.45, 2.75) is 51.2 Å². The third kappa shape index (κ3) is 4.11. The highest BCUT2D eigenvalue weighted by molar-refractivity contribution is 5.89. The number of esters is 1. The fraction of sp³-hybridized carbons (Fsp3) is 0.429. The summed E-state index contributed by atoms with van der Waals surface area (Å²) in [6.45, 7) is 3.81. The molecule has 0 bridgehead atoms. The zero-order chi connectivity index (χ0) is 21.3. The van der Waals surface area contributed by atoms with Gasteiger partial charge < -0.3 is 19.6 Å². The van der Waals surface area contributed by atoms with Crippen LogP contribution in [0.25, 0.3) is 16.9 Å². The average molecular weight is 413 g/mol. The van der Waals surface area contributed by atoms with Crippen LogP contribution in [0.2, 0.25) is 0 Å². The van der Waals surface area contributed by atoms with Gasteiger partial charge in [0.2, 0.25) is 0 Å². The van der Waals surface area contributed by atoms with Crippen LogP contribution >= 0.6 is 0 Å². The summed E-state index contributed by atoms with van der Waals surface area (Å²) >= 11 is 0. The molecule has 1 fully saturated rings. The van der Waals surface area contributed by atoms with Gasteiger partial charge >= 0.3 is 5.97 Å². The van der Waals surface area contributed by atoms with Crippen LogP contribution in [0.4, 0.5) is 10.2 Å². The van der Waals surface area contributed by atoms with Crippen LogP contribution in [0.1, 0.15) is 50.0 Å². The first kappa shape index (κ1) is 20.2. The molecule has 0 spiro atoms. The van der Waals surface area contributed by atoms with Gasteiger partial charge in [-0.1, -0.05) is 0 Å². The van der Waals surface area contributed by atoms with Gasteiger partial charge in [-0.15, -0.1) is 0 Å². The number of aromatic nitrogens is 4. The Bertz CT molecular complexity index is 1070. The molecule has 3 aromatic heterocycles. The van der Waals surface area contributed by atoms with Crippen molar-refractivity contribution in [2.75, 3.05) is 11.9 Å². The number of aliphatic hydroxyl groups is 1. The van der Waals surface area contributed by atoms with Gasteiger partial charge in [-0.25, -0.2) is 19.2 Å². The number of halogens is 1. The zero-order valence-corrected chi connectivity index (χ0v) is 16.9. The molecule has 0 amide bonds. The molecular formula is C21H24FN5O3. The Balaban J connectivity index is 1.75. The zero-order valence-electron chi connectivity index (χ0n) is 16.9. The first-order chi connectivity index (χ1) is 14.4. The molecule has 9 heteroatoms. The number of carbonyl (C=O) groups excluding carboxylic acids is 1. The van der Waals surface area contributed by atoms with E-state index in [1.165, 1.54) is 6.20 Å². The molecule has 2 N–H and O–H groups in total. The molecule has 30 heavy (non-hydrogen) atoms. The number of rotatable bonds is 5. The van der Waals surface area contributed by atoms with Gasteiger partial charge in [-0.3, -0.25) is 4.98 Å². The maximum absolute atomic E-state index is 14.3. The number of fused-ring (bicyclic) bond motifs is 1. The average Bonchev–Trinajstić information content (AvgIpc) is 3.15. The van der Waals surface area contributed by atoms with Crippen molar-refractivity contribution in [3.63, 3.8) is 0 Å². The van der Waals surface area contributed by atoms with E-state index in [0.717, 1.165) is 19.0 Å². The SMILES string of the molecule is CCOC(=O)c1cn2cc(-c3ccncc3F)nc(NC3CCC(C)(O)CC3)c2n1. The van der Waals surface area contributed by atoms with Gasteiger partial charge in [0.15, 0.2) is 23.0 Å². The van der Waals surface area contributed by atoms with Gasteiger partial charge in [0.25, 0.3) is 0 Å². The van der Waals surface area contributed by atoms with E-state index in [4.69, 9.17) is 4.74 Å². The summed E-state index contributed by atoms with van der Waals surface area (Å²) in [6, 6.07) is 1.63. The van der Waals surface area contributed by atoms with E-state index < -0.39 is 17.4 Å². The maximum atomic E-state index is 14.3. The predicted molar refractivity (Wildman–Crippen MR) is 109 cm³/mol. The molecule has 158 valence electrons. The molecule has 0 atom stereocenters. The number of nitrogens with zero attached hydrogens (tertiary/aromatic N) is 4. The minimum absolute atomic E-state index is 0.0850. The molecular weight excluding hydrogens is 389 g/mol. The van der Waals surface area contributed by atoms with E-state index in [2.05, 4.69) is 20.3 Å². The lowest BCUT2D eigenvalue weighted by Crippen LogP contribution is -2.36. The van der Waals surface area contributed by atoms with Gasteiger partial charge in [-0.2, -0.15) is 0 Å². The third-order valence-corrected chi connectivity index (χ3v) is 5.37. The highest BCUT2D eigenvalue weighted by Gasteiger charge is 2.29. The standard InChI is InChI=1S/C21H24FN5O3/c1-3-30-20(28)17-12-27-11-16(14-6-9-23-10-15(14)22)25-18(19(27)26-17)24-13-4-7-21(2,29)8-5-13/h6,9-13,29H,3-5,7-8H2,1-2H3,(H,24,25). The van der Waals surface area contributed by atoms with Crippen LogP contribution < -0.4 is 5.32 Å². The number of nitrogens with one attached hydrogen (secondary N) is 1. The van der Waals surface area contributed by atoms with Crippen molar-refractivity contribution in [3.05, 3.63) is 42.4 Å². The Labute approximate surface area is 173 Å². The number of hydrogen-bond acceptors (Lipinski definition) is 7. The highest BCUT2D eigenvalue weighted by atomic mass is 19.1. The lowest BCUT2D eigenvalue weighted by atomic mass is 9.84. The van der Waals surface area contributed by atoms with E-state index in [9.17, 15) is 14.3 Å². The molecule has 4 rings (SSSR count). The van der Waals surface area contributed by atoms with Crippen LogP contribution in [0.15, 0.2) is 30.9 Å². The molecule has 3 heterocycles. The van der Waals surface area contributed by atoms with Gasteiger partial charge in [-0.05, 0) is 45.6 Å². The maximum Gasteiger partial charge on any atom is 0.358 e. The molecule has 0 saturated heterocycles. The first-order valence-corrected chi connectivity index (χ1v) is 10.0. The molecule has 1 aliphatic rings. The Morgan fingerprint density at radius 1 is 1.37 bits per heavy atom. The normalized spacial score (nSPS) is 21.5. The lowest BCUT2D eigenvalue weighted by Gasteiger charge is -2.33. The van der Waals surface area contributed by atoms with Crippen LogP contribution in [0, 0.1) is 5.82 Å². The van der Waals surface area contributed by atoms with Crippen molar-refractivity contribution < 1.29 is 19.0 Å². The second-order valence-electron chi connectivity index (χ2n) is 7.82. The van der Waals surface area contributed by atoms with E-state index >= 15 is 0 Å². The number of hydrogen-bond donors (Lipinski definition) is 2. The first-order valence-electron chi connectivity index (χ1n) is 10.0. The molecule has 0 aromatic carbocycles. The minimum Gasteiger partial charge on any atom is -0.461 e. The smallest absolute Gasteiger partial charge is 0.358 e. The predicted octanol–water partition coefficient (Wildman–Crippen LogP) is 3.21. The van der Waals surface area contributed by atoms with Crippen molar-refractivity contribution in [1.82, 2.24) is 19.4 Å². The summed E-state index contributed by atoms with van der Waals surface area (Å²) in [7, 11) is 0. The molecule has 8 nitrogen and oxygen atoms in total. The summed E-state index contributed by atoms with van der Waals surface area (Å²) < 4.78 is 21.0. The summed E-state index contributed by atoms with van der Waals surface area (Å²) in [5, 5.41) is 13.6. The molecule has 1 saturated carbocycles. The van der Waals surface area contributed by atoms with E-state index in [0.29, 0.717) is 35.6 Å². The number of anilines is 1. The minimum atomic E-state index is -0.659. The third-order valence-electron chi connectivity index (χ3n) is 5.37. The molecule has 3 aromatic rings. The molecule has 0 radical (unpaired) electrons. The largest absolute Gasteiger partial charge is 0.461 e. The summed E-state index contributed by atoms with van der Waals surface area (Å²) in [6.07, 6.45) is 8.67. The Hall–Kier alpha value is -3.07. The number of carbonyl (C=O) groups is 1. The van der Waals surface area contributed by atoms with Gasteiger partial charge in [0, 0.05) is 30.2 Å². The van der Waals surface area contributed by atoms with E-state index in [-0.39, 0.29) is 18.3 Å². The number of imidazole rings is 1. The van der Waals surface area contributed by atoms with Crippen molar-refractivity contribution in [2.24, 2.45) is 0 Å². The van der Waals surface area contributed by atoms with Gasteiger partial charge in [0.05, 0.1) is 24.1 Å². The van der Waals surface area contributed by atoms with Crippen LogP contribution in [-0.2, 0) is 4.74 Å². The summed E-state index contributed by atoms with van der Waals surface area (Å²) in [5.41, 5.74) is 0.635. The van der Waals surface area contributed by atoms with E-state index in [1.54, 1.807) is 29.8 Å². The molecule has 1 aliphatic carbocycles. The Morgan fingerprint density at radius 3 is 2.83 bits per heavy atom. The van der Waals surface area contributed by atoms with Crippen LogP contribution in [0.5, 0.6) is 0 Å². The summed E-state index contributed by atoms with van der Waals surface area (Å²) in [4.78, 5) is 24.9. The Morgan fingerprint density at radius 2 is 2.13 bits per heavy atom. The Kier molecular flexibility index (Phi) is 5.38. The lowest BCUT2D eigenvalue weighted by molar-refractivity contribution is 0.0196. The van der Waals surface area contributed by atoms with Crippen LogP contribution in [0.3, 0.4) is 0 Å². The van der Waals surface area contributed by atoms with Crippen molar-refractivity contribution in [1.29, 1.82) is 0 Å². The summed E-state index contributed by atoms with van der Waals surface area (Å²) in [5.74, 6) is -0.571. The van der Waals surface area contributed by atoms with E-state index in [1.807, 2.05) is 6.92 Å². The second kappa shape index (κ2) is 7.98. The molecule has 0 unspecified atom stereocenters. The number of ether oxygens (including phenoxy) is 1.